The van der Waals surface area contributed by atoms with Crippen LogP contribution in [0.1, 0.15) is 29.2 Å². The number of hydrogen-bond acceptors (Lipinski definition) is 3. The molecule has 4 nitrogen and oxygen atoms in total. The Bertz CT molecular complexity index is 697. The van der Waals surface area contributed by atoms with Gasteiger partial charge in [-0.25, -0.2) is 0 Å². The van der Waals surface area contributed by atoms with Gasteiger partial charge in [-0.05, 0) is 43.0 Å². The highest BCUT2D eigenvalue weighted by Gasteiger charge is 2.28. The van der Waals surface area contributed by atoms with Crippen LogP contribution in [-0.2, 0) is 11.2 Å². The molecule has 2 aromatic rings. The molecule has 4 heteroatoms. The summed E-state index contributed by atoms with van der Waals surface area (Å²) in [5.74, 6) is -0.0447. The van der Waals surface area contributed by atoms with Crippen molar-refractivity contribution in [1.29, 1.82) is 0 Å². The summed E-state index contributed by atoms with van der Waals surface area (Å²) in [5, 5.41) is 12.3. The summed E-state index contributed by atoms with van der Waals surface area (Å²) in [6.45, 7) is 2.86. The molecular weight excluding hydrogens is 300 g/mol. The summed E-state index contributed by atoms with van der Waals surface area (Å²) >= 11 is 0. The Morgan fingerprint density at radius 2 is 1.96 bits per heavy atom. The summed E-state index contributed by atoms with van der Waals surface area (Å²) in [7, 11) is 0. The van der Waals surface area contributed by atoms with Crippen LogP contribution in [0.3, 0.4) is 0 Å². The van der Waals surface area contributed by atoms with E-state index < -0.39 is 0 Å². The number of benzene rings is 2. The molecule has 0 saturated heterocycles. The maximum atomic E-state index is 12.4. The molecule has 1 atom stereocenters. The van der Waals surface area contributed by atoms with Gasteiger partial charge in [-0.1, -0.05) is 42.0 Å². The molecule has 1 unspecified atom stereocenters. The average Bonchev–Trinajstić information content (AvgIpc) is 3.00. The topological polar surface area (TPSA) is 52.6 Å². The summed E-state index contributed by atoms with van der Waals surface area (Å²) in [5.41, 5.74) is 4.61. The van der Waals surface area contributed by atoms with E-state index in [1.807, 2.05) is 37.3 Å². The van der Waals surface area contributed by atoms with E-state index in [1.165, 1.54) is 11.1 Å². The van der Waals surface area contributed by atoms with E-state index in [0.717, 1.165) is 24.1 Å². The highest BCUT2D eigenvalue weighted by Crippen LogP contribution is 2.35. The number of carbonyl (C=O) groups is 1. The predicted molar refractivity (Wildman–Crippen MR) is 96.0 cm³/mol. The average molecular weight is 324 g/mol. The Kier molecular flexibility index (Phi) is 5.28. The maximum absolute atomic E-state index is 12.4. The minimum absolute atomic E-state index is 0.0447. The number of carbonyl (C=O) groups excluding carboxylic acids is 1. The fourth-order valence-electron chi connectivity index (χ4n) is 3.41. The van der Waals surface area contributed by atoms with Gasteiger partial charge in [-0.15, -0.1) is 0 Å². The van der Waals surface area contributed by atoms with E-state index in [4.69, 9.17) is 0 Å². The summed E-state index contributed by atoms with van der Waals surface area (Å²) in [6, 6.07) is 16.4. The second-order valence-corrected chi connectivity index (χ2v) is 6.36. The smallest absolute Gasteiger partial charge is 0.238 e. The van der Waals surface area contributed by atoms with Gasteiger partial charge in [-0.3, -0.25) is 9.69 Å². The third-order valence-electron chi connectivity index (χ3n) is 4.61. The van der Waals surface area contributed by atoms with E-state index in [-0.39, 0.29) is 25.1 Å². The highest BCUT2D eigenvalue weighted by atomic mass is 16.3. The van der Waals surface area contributed by atoms with Crippen LogP contribution in [0, 0.1) is 6.92 Å². The molecular formula is C20H24N2O2. The number of nitrogens with zero attached hydrogens (tertiary/aromatic N) is 1. The van der Waals surface area contributed by atoms with Crippen molar-refractivity contribution in [3.63, 3.8) is 0 Å². The van der Waals surface area contributed by atoms with Crippen LogP contribution in [0.15, 0.2) is 48.5 Å². The van der Waals surface area contributed by atoms with Crippen molar-refractivity contribution in [2.24, 2.45) is 0 Å². The van der Waals surface area contributed by atoms with Crippen molar-refractivity contribution >= 4 is 11.6 Å². The van der Waals surface area contributed by atoms with Gasteiger partial charge in [0.2, 0.25) is 5.91 Å². The van der Waals surface area contributed by atoms with Crippen LogP contribution in [0.2, 0.25) is 0 Å². The SMILES string of the molecule is Cc1ccc(NC(=O)CN(CCO)C2CCc3ccccc32)cc1. The molecule has 0 bridgehead atoms. The van der Waals surface area contributed by atoms with Gasteiger partial charge in [0.25, 0.3) is 0 Å². The third-order valence-corrected chi connectivity index (χ3v) is 4.61. The van der Waals surface area contributed by atoms with Crippen molar-refractivity contribution < 1.29 is 9.90 Å². The molecule has 0 fully saturated rings. The Balaban J connectivity index is 1.68. The molecule has 1 aliphatic rings. The molecule has 3 rings (SSSR count). The van der Waals surface area contributed by atoms with Crippen molar-refractivity contribution in [1.82, 2.24) is 4.90 Å². The lowest BCUT2D eigenvalue weighted by atomic mass is 10.1. The van der Waals surface area contributed by atoms with E-state index in [1.54, 1.807) is 0 Å². The first-order valence-corrected chi connectivity index (χ1v) is 8.46. The van der Waals surface area contributed by atoms with Gasteiger partial charge in [0, 0.05) is 18.3 Å². The van der Waals surface area contributed by atoms with Crippen LogP contribution in [-0.4, -0.2) is 35.6 Å². The number of amides is 1. The molecule has 0 radical (unpaired) electrons. The monoisotopic (exact) mass is 324 g/mol. The predicted octanol–water partition coefficient (Wildman–Crippen LogP) is 2.92. The molecule has 1 amide bonds. The Labute approximate surface area is 143 Å². The van der Waals surface area contributed by atoms with Crippen molar-refractivity contribution in [2.45, 2.75) is 25.8 Å². The van der Waals surface area contributed by atoms with E-state index in [0.29, 0.717) is 6.54 Å². The summed E-state index contributed by atoms with van der Waals surface area (Å²) in [6.07, 6.45) is 2.03. The Morgan fingerprint density at radius 3 is 2.71 bits per heavy atom. The molecule has 2 N–H and O–H groups in total. The zero-order valence-electron chi connectivity index (χ0n) is 14.0. The van der Waals surface area contributed by atoms with Crippen molar-refractivity contribution in [2.75, 3.05) is 25.0 Å². The zero-order chi connectivity index (χ0) is 16.9. The molecule has 0 aliphatic heterocycles. The van der Waals surface area contributed by atoms with Crippen LogP contribution in [0.5, 0.6) is 0 Å². The molecule has 2 aromatic carbocycles. The van der Waals surface area contributed by atoms with Crippen LogP contribution in [0.25, 0.3) is 0 Å². The van der Waals surface area contributed by atoms with Crippen molar-refractivity contribution in [3.8, 4) is 0 Å². The molecule has 0 spiro atoms. The summed E-state index contributed by atoms with van der Waals surface area (Å²) in [4.78, 5) is 14.5. The van der Waals surface area contributed by atoms with Gasteiger partial charge < -0.3 is 10.4 Å². The number of fused-ring (bicyclic) bond motifs is 1. The first-order valence-electron chi connectivity index (χ1n) is 8.46. The van der Waals surface area contributed by atoms with Crippen LogP contribution in [0.4, 0.5) is 5.69 Å². The van der Waals surface area contributed by atoms with Crippen LogP contribution >= 0.6 is 0 Å². The first kappa shape index (κ1) is 16.7. The van der Waals surface area contributed by atoms with Crippen LogP contribution < -0.4 is 5.32 Å². The fourth-order valence-corrected chi connectivity index (χ4v) is 3.41. The number of aryl methyl sites for hydroxylation is 2. The lowest BCUT2D eigenvalue weighted by Gasteiger charge is -2.28. The highest BCUT2D eigenvalue weighted by molar-refractivity contribution is 5.92. The molecule has 126 valence electrons. The number of anilines is 1. The quantitative estimate of drug-likeness (QED) is 0.859. The third kappa shape index (κ3) is 3.83. The number of nitrogens with one attached hydrogen (secondary N) is 1. The normalized spacial score (nSPS) is 16.2. The van der Waals surface area contributed by atoms with Gasteiger partial charge >= 0.3 is 0 Å². The number of aliphatic hydroxyl groups is 1. The summed E-state index contributed by atoms with van der Waals surface area (Å²) < 4.78 is 0. The second kappa shape index (κ2) is 7.60. The zero-order valence-corrected chi connectivity index (χ0v) is 14.0. The minimum Gasteiger partial charge on any atom is -0.395 e. The number of aliphatic hydroxyl groups excluding tert-OH is 1. The Hall–Kier alpha value is -2.17. The lowest BCUT2D eigenvalue weighted by Crippen LogP contribution is -2.37. The maximum Gasteiger partial charge on any atom is 0.238 e. The number of rotatable bonds is 6. The van der Waals surface area contributed by atoms with Gasteiger partial charge in [0.1, 0.15) is 0 Å². The lowest BCUT2D eigenvalue weighted by molar-refractivity contribution is -0.118. The van der Waals surface area contributed by atoms with Gasteiger partial charge in [-0.2, -0.15) is 0 Å². The largest absolute Gasteiger partial charge is 0.395 e. The first-order chi connectivity index (χ1) is 11.7. The molecule has 24 heavy (non-hydrogen) atoms. The molecule has 1 aliphatic carbocycles. The van der Waals surface area contributed by atoms with Gasteiger partial charge in [0.05, 0.1) is 13.2 Å². The number of hydrogen-bond donors (Lipinski definition) is 2. The van der Waals surface area contributed by atoms with E-state index >= 15 is 0 Å². The fraction of sp³-hybridized carbons (Fsp3) is 0.350. The van der Waals surface area contributed by atoms with E-state index in [9.17, 15) is 9.90 Å². The minimum atomic E-state index is -0.0447. The molecule has 0 saturated carbocycles. The Morgan fingerprint density at radius 1 is 1.21 bits per heavy atom. The second-order valence-electron chi connectivity index (χ2n) is 6.36. The van der Waals surface area contributed by atoms with Crippen molar-refractivity contribution in [3.05, 3.63) is 65.2 Å². The molecule has 0 aromatic heterocycles. The van der Waals surface area contributed by atoms with E-state index in [2.05, 4.69) is 28.4 Å². The van der Waals surface area contributed by atoms with Gasteiger partial charge in [0.15, 0.2) is 0 Å². The standard InChI is InChI=1S/C20H24N2O2/c1-15-6-9-17(10-7-15)21-20(24)14-22(12-13-23)19-11-8-16-4-2-3-5-18(16)19/h2-7,9-10,19,23H,8,11-14H2,1H3,(H,21,24). The molecule has 0 heterocycles.